The third kappa shape index (κ3) is 6.08. The van der Waals surface area contributed by atoms with Crippen molar-refractivity contribution in [3.63, 3.8) is 0 Å². The first-order valence-corrected chi connectivity index (χ1v) is 11.9. The normalized spacial score (nSPS) is 19.1. The average molecular weight is 447 g/mol. The molecule has 0 radical (unpaired) electrons. The van der Waals surface area contributed by atoms with Crippen LogP contribution in [-0.2, 0) is 9.59 Å². The number of thiocarbonyl (C=S) groups is 1. The zero-order chi connectivity index (χ0) is 21.5. The fourth-order valence-corrected chi connectivity index (χ4v) is 4.99. The summed E-state index contributed by atoms with van der Waals surface area (Å²) in [5.74, 6) is 1.76. The molecule has 0 bridgehead atoms. The maximum atomic E-state index is 12.7. The SMILES string of the molecule is COc1ccc(C=C2SC(=S)N(CCCCCC(=O)N3CCC(C)CC3)C2=O)cc1. The van der Waals surface area contributed by atoms with Gasteiger partial charge < -0.3 is 9.64 Å². The zero-order valence-corrected chi connectivity index (χ0v) is 19.4. The van der Waals surface area contributed by atoms with Gasteiger partial charge in [-0.25, -0.2) is 0 Å². The molecule has 0 unspecified atom stereocenters. The fraction of sp³-hybridized carbons (Fsp3) is 0.522. The van der Waals surface area contributed by atoms with E-state index in [4.69, 9.17) is 17.0 Å². The summed E-state index contributed by atoms with van der Waals surface area (Å²) in [6.07, 6.45) is 7.34. The molecule has 30 heavy (non-hydrogen) atoms. The molecule has 0 aliphatic carbocycles. The Morgan fingerprint density at radius 1 is 1.20 bits per heavy atom. The van der Waals surface area contributed by atoms with Crippen molar-refractivity contribution in [1.29, 1.82) is 0 Å². The molecule has 0 aromatic heterocycles. The summed E-state index contributed by atoms with van der Waals surface area (Å²) in [4.78, 5) is 29.4. The first-order valence-electron chi connectivity index (χ1n) is 10.6. The van der Waals surface area contributed by atoms with Gasteiger partial charge in [0.25, 0.3) is 5.91 Å². The maximum absolute atomic E-state index is 12.7. The number of nitrogens with zero attached hydrogens (tertiary/aromatic N) is 2. The maximum Gasteiger partial charge on any atom is 0.266 e. The van der Waals surface area contributed by atoms with E-state index in [1.165, 1.54) is 11.8 Å². The zero-order valence-electron chi connectivity index (χ0n) is 17.8. The lowest BCUT2D eigenvalue weighted by atomic mass is 9.99. The van der Waals surface area contributed by atoms with Crippen LogP contribution in [0.4, 0.5) is 0 Å². The van der Waals surface area contributed by atoms with Gasteiger partial charge >= 0.3 is 0 Å². The standard InChI is InChI=1S/C23H30N2O3S2/c1-17-11-14-24(15-12-17)21(26)6-4-3-5-13-25-22(27)20(30-23(25)29)16-18-7-9-19(28-2)10-8-18/h7-10,16-17H,3-6,11-15H2,1-2H3. The number of methoxy groups -OCH3 is 1. The molecule has 0 saturated carbocycles. The number of hydrogen-bond donors (Lipinski definition) is 0. The Labute approximate surface area is 188 Å². The number of thioether (sulfide) groups is 1. The van der Waals surface area contributed by atoms with Gasteiger partial charge in [0.15, 0.2) is 0 Å². The van der Waals surface area contributed by atoms with Crippen LogP contribution in [0.25, 0.3) is 6.08 Å². The summed E-state index contributed by atoms with van der Waals surface area (Å²) in [7, 11) is 1.63. The van der Waals surface area contributed by atoms with Crippen LogP contribution < -0.4 is 4.74 Å². The van der Waals surface area contributed by atoms with Crippen molar-refractivity contribution >= 4 is 46.2 Å². The average Bonchev–Trinajstić information content (AvgIpc) is 3.01. The van der Waals surface area contributed by atoms with Crippen LogP contribution in [0.5, 0.6) is 5.75 Å². The van der Waals surface area contributed by atoms with Gasteiger partial charge in [-0.2, -0.15) is 0 Å². The molecule has 2 saturated heterocycles. The Kier molecular flexibility index (Phi) is 8.33. The Bertz CT molecular complexity index is 799. The van der Waals surface area contributed by atoms with E-state index >= 15 is 0 Å². The van der Waals surface area contributed by atoms with Crippen LogP contribution in [-0.4, -0.2) is 52.7 Å². The van der Waals surface area contributed by atoms with Crippen molar-refractivity contribution in [3.8, 4) is 5.75 Å². The van der Waals surface area contributed by atoms with Crippen LogP contribution >= 0.6 is 24.0 Å². The fourth-order valence-electron chi connectivity index (χ4n) is 3.68. The van der Waals surface area contributed by atoms with E-state index in [-0.39, 0.29) is 11.8 Å². The molecule has 2 amide bonds. The van der Waals surface area contributed by atoms with E-state index in [0.29, 0.717) is 22.2 Å². The number of benzene rings is 1. The predicted molar refractivity (Wildman–Crippen MR) is 126 cm³/mol. The van der Waals surface area contributed by atoms with E-state index < -0.39 is 0 Å². The molecule has 0 N–H and O–H groups in total. The van der Waals surface area contributed by atoms with E-state index in [1.54, 1.807) is 12.0 Å². The number of likely N-dealkylation sites (tertiary alicyclic amines) is 1. The van der Waals surface area contributed by atoms with Crippen molar-refractivity contribution in [2.24, 2.45) is 5.92 Å². The van der Waals surface area contributed by atoms with Gasteiger partial charge in [-0.15, -0.1) is 0 Å². The number of piperidine rings is 1. The molecule has 2 aliphatic heterocycles. The molecule has 1 aromatic carbocycles. The second-order valence-corrected chi connectivity index (χ2v) is 9.66. The number of unbranched alkanes of at least 4 members (excludes halogenated alkanes) is 2. The lowest BCUT2D eigenvalue weighted by molar-refractivity contribution is -0.132. The highest BCUT2D eigenvalue weighted by Crippen LogP contribution is 2.33. The van der Waals surface area contributed by atoms with Gasteiger partial charge in [-0.3, -0.25) is 14.5 Å². The van der Waals surface area contributed by atoms with E-state index in [9.17, 15) is 9.59 Å². The number of hydrogen-bond acceptors (Lipinski definition) is 5. The third-order valence-corrected chi connectivity index (χ3v) is 7.07. The predicted octanol–water partition coefficient (Wildman–Crippen LogP) is 4.72. The molecule has 0 spiro atoms. The number of ether oxygens (including phenoxy) is 1. The Hall–Kier alpha value is -1.86. The minimum absolute atomic E-state index is 0.0284. The summed E-state index contributed by atoms with van der Waals surface area (Å²) in [6, 6.07) is 7.59. The Morgan fingerprint density at radius 3 is 2.57 bits per heavy atom. The lowest BCUT2D eigenvalue weighted by Crippen LogP contribution is -2.37. The second kappa shape index (κ2) is 11.0. The molecular formula is C23H30N2O3S2. The largest absolute Gasteiger partial charge is 0.497 e. The van der Waals surface area contributed by atoms with Gasteiger partial charge in [0.1, 0.15) is 10.1 Å². The van der Waals surface area contributed by atoms with Gasteiger partial charge in [0.05, 0.1) is 12.0 Å². The minimum atomic E-state index is -0.0284. The van der Waals surface area contributed by atoms with Crippen LogP contribution in [0, 0.1) is 5.92 Å². The van der Waals surface area contributed by atoms with Gasteiger partial charge in [-0.1, -0.05) is 49.5 Å². The smallest absolute Gasteiger partial charge is 0.266 e. The number of carbonyl (C=O) groups is 2. The molecular weight excluding hydrogens is 416 g/mol. The molecule has 2 heterocycles. The monoisotopic (exact) mass is 446 g/mol. The van der Waals surface area contributed by atoms with Crippen molar-refractivity contribution in [3.05, 3.63) is 34.7 Å². The van der Waals surface area contributed by atoms with Crippen LogP contribution in [0.3, 0.4) is 0 Å². The van der Waals surface area contributed by atoms with Crippen LogP contribution in [0.2, 0.25) is 0 Å². The summed E-state index contributed by atoms with van der Waals surface area (Å²) >= 11 is 6.76. The lowest BCUT2D eigenvalue weighted by Gasteiger charge is -2.30. The van der Waals surface area contributed by atoms with Gasteiger partial charge in [0.2, 0.25) is 5.91 Å². The van der Waals surface area contributed by atoms with E-state index in [0.717, 1.165) is 62.4 Å². The summed E-state index contributed by atoms with van der Waals surface area (Å²) in [5.41, 5.74) is 0.946. The van der Waals surface area contributed by atoms with Crippen LogP contribution in [0.1, 0.15) is 51.0 Å². The quantitative estimate of drug-likeness (QED) is 0.329. The van der Waals surface area contributed by atoms with E-state index in [2.05, 4.69) is 6.92 Å². The van der Waals surface area contributed by atoms with Crippen molar-refractivity contribution < 1.29 is 14.3 Å². The second-order valence-electron chi connectivity index (χ2n) is 7.98. The highest BCUT2D eigenvalue weighted by Gasteiger charge is 2.31. The Morgan fingerprint density at radius 2 is 1.90 bits per heavy atom. The molecule has 7 heteroatoms. The molecule has 0 atom stereocenters. The Balaban J connectivity index is 1.41. The number of carbonyl (C=O) groups excluding carboxylic acids is 2. The van der Waals surface area contributed by atoms with E-state index in [1.807, 2.05) is 35.2 Å². The topological polar surface area (TPSA) is 49.9 Å². The van der Waals surface area contributed by atoms with Crippen molar-refractivity contribution in [2.45, 2.75) is 45.4 Å². The third-order valence-electron chi connectivity index (χ3n) is 5.70. The molecule has 2 fully saturated rings. The van der Waals surface area contributed by atoms with Gasteiger partial charge in [0, 0.05) is 26.1 Å². The molecule has 5 nitrogen and oxygen atoms in total. The molecule has 3 rings (SSSR count). The first kappa shape index (κ1) is 22.8. The summed E-state index contributed by atoms with van der Waals surface area (Å²) in [6.45, 7) is 4.66. The highest BCUT2D eigenvalue weighted by atomic mass is 32.2. The van der Waals surface area contributed by atoms with Crippen molar-refractivity contribution in [2.75, 3.05) is 26.7 Å². The molecule has 2 aliphatic rings. The van der Waals surface area contributed by atoms with Crippen molar-refractivity contribution in [1.82, 2.24) is 9.80 Å². The summed E-state index contributed by atoms with van der Waals surface area (Å²) < 4.78 is 5.78. The molecule has 1 aromatic rings. The summed E-state index contributed by atoms with van der Waals surface area (Å²) in [5, 5.41) is 0. The highest BCUT2D eigenvalue weighted by molar-refractivity contribution is 8.26. The number of amides is 2. The number of rotatable bonds is 8. The first-order chi connectivity index (χ1) is 14.5. The minimum Gasteiger partial charge on any atom is -0.497 e. The van der Waals surface area contributed by atoms with Crippen LogP contribution in [0.15, 0.2) is 29.2 Å². The molecule has 162 valence electrons. The van der Waals surface area contributed by atoms with Gasteiger partial charge in [-0.05, 0) is 55.4 Å².